The van der Waals surface area contributed by atoms with E-state index >= 15 is 0 Å². The highest BCUT2D eigenvalue weighted by atomic mass is 16.2. The Labute approximate surface area is 160 Å². The Balaban J connectivity index is 1.57. The van der Waals surface area contributed by atoms with Gasteiger partial charge in [0.1, 0.15) is 5.56 Å². The molecule has 0 N–H and O–H groups in total. The van der Waals surface area contributed by atoms with Crippen molar-refractivity contribution in [1.29, 1.82) is 0 Å². The molecule has 2 aliphatic heterocycles. The average molecular weight is 371 g/mol. The molecule has 4 heterocycles. The van der Waals surface area contributed by atoms with Gasteiger partial charge in [0.05, 0.1) is 11.9 Å². The van der Waals surface area contributed by atoms with E-state index in [9.17, 15) is 4.79 Å². The van der Waals surface area contributed by atoms with E-state index < -0.39 is 0 Å². The Bertz CT molecular complexity index is 808. The van der Waals surface area contributed by atoms with Gasteiger partial charge in [0.25, 0.3) is 5.91 Å². The Morgan fingerprint density at radius 3 is 2.70 bits per heavy atom. The Morgan fingerprint density at radius 2 is 1.96 bits per heavy atom. The van der Waals surface area contributed by atoms with Crippen molar-refractivity contribution in [2.75, 3.05) is 47.3 Å². The molecule has 27 heavy (non-hydrogen) atoms. The number of carbonyl (C=O) groups excluding carboxylic acids is 1. The monoisotopic (exact) mass is 370 g/mol. The van der Waals surface area contributed by atoms with Crippen LogP contribution in [0.15, 0.2) is 18.5 Å². The average Bonchev–Trinajstić information content (AvgIpc) is 3.12. The zero-order chi connectivity index (χ0) is 19.0. The first-order valence-electron chi connectivity index (χ1n) is 10.0. The fourth-order valence-electron chi connectivity index (χ4n) is 4.55. The van der Waals surface area contributed by atoms with Crippen LogP contribution in [0.3, 0.4) is 0 Å². The van der Waals surface area contributed by atoms with E-state index in [4.69, 9.17) is 0 Å². The summed E-state index contributed by atoms with van der Waals surface area (Å²) >= 11 is 0. The number of fused-ring (bicyclic) bond motifs is 1. The second-order valence-electron chi connectivity index (χ2n) is 8.23. The molecule has 2 fully saturated rings. The van der Waals surface area contributed by atoms with Crippen LogP contribution in [0.5, 0.6) is 0 Å². The van der Waals surface area contributed by atoms with E-state index in [1.54, 1.807) is 25.2 Å². The van der Waals surface area contributed by atoms with E-state index in [0.29, 0.717) is 23.2 Å². The first-order chi connectivity index (χ1) is 13.0. The molecule has 0 bridgehead atoms. The maximum Gasteiger partial charge on any atom is 0.258 e. The minimum absolute atomic E-state index is 0.0498. The molecule has 0 radical (unpaired) electrons. The molecule has 2 saturated heterocycles. The fraction of sp³-hybridized carbons (Fsp3) is 0.650. The first kappa shape index (κ1) is 18.4. The molecule has 0 aromatic carbocycles. The highest BCUT2D eigenvalue weighted by molar-refractivity contribution is 5.99. The maximum atomic E-state index is 12.4. The summed E-state index contributed by atoms with van der Waals surface area (Å²) in [5.74, 6) is 0.386. The molecule has 2 aromatic rings. The van der Waals surface area contributed by atoms with Crippen molar-refractivity contribution in [3.05, 3.63) is 29.7 Å². The number of rotatable bonds is 3. The third-order valence-electron chi connectivity index (χ3n) is 6.14. The van der Waals surface area contributed by atoms with Crippen molar-refractivity contribution in [3.63, 3.8) is 0 Å². The maximum absolute atomic E-state index is 12.4. The number of likely N-dealkylation sites (tertiary alicyclic amines) is 2. The summed E-state index contributed by atoms with van der Waals surface area (Å²) in [4.78, 5) is 23.6. The van der Waals surface area contributed by atoms with Gasteiger partial charge in [-0.25, -0.2) is 9.50 Å². The van der Waals surface area contributed by atoms with Crippen LogP contribution in [-0.2, 0) is 0 Å². The molecule has 0 unspecified atom stereocenters. The van der Waals surface area contributed by atoms with Gasteiger partial charge >= 0.3 is 0 Å². The number of aromatic nitrogens is 3. The van der Waals surface area contributed by atoms with E-state index in [-0.39, 0.29) is 5.91 Å². The van der Waals surface area contributed by atoms with Crippen molar-refractivity contribution in [3.8, 4) is 0 Å². The highest BCUT2D eigenvalue weighted by Gasteiger charge is 2.30. The molecular weight excluding hydrogens is 340 g/mol. The van der Waals surface area contributed by atoms with Crippen LogP contribution in [0.2, 0.25) is 0 Å². The number of amides is 1. The lowest BCUT2D eigenvalue weighted by atomic mass is 9.91. The summed E-state index contributed by atoms with van der Waals surface area (Å²) in [7, 11) is 5.74. The van der Waals surface area contributed by atoms with Crippen LogP contribution < -0.4 is 0 Å². The molecule has 1 atom stereocenters. The van der Waals surface area contributed by atoms with Gasteiger partial charge in [-0.2, -0.15) is 5.10 Å². The zero-order valence-corrected chi connectivity index (χ0v) is 16.6. The van der Waals surface area contributed by atoms with Crippen molar-refractivity contribution >= 4 is 11.6 Å². The van der Waals surface area contributed by atoms with Crippen LogP contribution >= 0.6 is 0 Å². The molecular formula is C20H30N6O. The quantitative estimate of drug-likeness (QED) is 0.823. The van der Waals surface area contributed by atoms with E-state index in [2.05, 4.69) is 33.0 Å². The second kappa shape index (κ2) is 7.56. The van der Waals surface area contributed by atoms with Crippen LogP contribution in [0.25, 0.3) is 5.65 Å². The van der Waals surface area contributed by atoms with Gasteiger partial charge < -0.3 is 9.80 Å². The largest absolute Gasteiger partial charge is 0.345 e. The summed E-state index contributed by atoms with van der Waals surface area (Å²) < 4.78 is 1.89. The van der Waals surface area contributed by atoms with E-state index in [1.807, 2.05) is 10.7 Å². The highest BCUT2D eigenvalue weighted by Crippen LogP contribution is 2.30. The standard InChI is InChI=1S/C20H30N6O/c1-23(2)20(27)17-13-22-26-18(6-9-21-19(17)26)15-5-4-10-25(14-15)16-7-11-24(3)12-8-16/h6,9,13,15-16H,4-5,7-8,10-12,14H2,1-3H3/t15-/m0/s1. The SMILES string of the molecule is CN1CCC(N2CCC[C@H](c3ccnc4c(C(=O)N(C)C)cnn34)C2)CC1. The molecule has 7 nitrogen and oxygen atoms in total. The van der Waals surface area contributed by atoms with E-state index in [1.165, 1.54) is 51.0 Å². The number of hydrogen-bond acceptors (Lipinski definition) is 5. The van der Waals surface area contributed by atoms with Crippen molar-refractivity contribution in [2.45, 2.75) is 37.6 Å². The Kier molecular flexibility index (Phi) is 5.14. The van der Waals surface area contributed by atoms with Crippen molar-refractivity contribution in [1.82, 2.24) is 29.3 Å². The second-order valence-corrected chi connectivity index (χ2v) is 8.23. The molecule has 7 heteroatoms. The van der Waals surface area contributed by atoms with Gasteiger partial charge in [0, 0.05) is 38.8 Å². The zero-order valence-electron chi connectivity index (χ0n) is 16.6. The topological polar surface area (TPSA) is 57.0 Å². The van der Waals surface area contributed by atoms with Crippen LogP contribution in [0.1, 0.15) is 47.7 Å². The first-order valence-corrected chi connectivity index (χ1v) is 10.0. The number of nitrogens with zero attached hydrogens (tertiary/aromatic N) is 6. The lowest BCUT2D eigenvalue weighted by molar-refractivity contribution is 0.0829. The molecule has 1 amide bonds. The fourth-order valence-corrected chi connectivity index (χ4v) is 4.55. The van der Waals surface area contributed by atoms with Crippen LogP contribution in [0, 0.1) is 0 Å². The number of piperidine rings is 2. The molecule has 0 aliphatic carbocycles. The molecule has 146 valence electrons. The summed E-state index contributed by atoms with van der Waals surface area (Å²) in [5.41, 5.74) is 2.42. The van der Waals surface area contributed by atoms with Gasteiger partial charge in [0.15, 0.2) is 5.65 Å². The smallest absolute Gasteiger partial charge is 0.258 e. The minimum atomic E-state index is -0.0498. The summed E-state index contributed by atoms with van der Waals surface area (Å²) in [6.45, 7) is 4.66. The lowest BCUT2D eigenvalue weighted by Gasteiger charge is -2.41. The Hall–Kier alpha value is -1.99. The van der Waals surface area contributed by atoms with Gasteiger partial charge in [-0.3, -0.25) is 9.69 Å². The molecule has 0 spiro atoms. The predicted octanol–water partition coefficient (Wildman–Crippen LogP) is 1.70. The van der Waals surface area contributed by atoms with Crippen LogP contribution in [0.4, 0.5) is 0 Å². The van der Waals surface area contributed by atoms with Gasteiger partial charge in [-0.05, 0) is 58.4 Å². The van der Waals surface area contributed by atoms with Gasteiger partial charge in [-0.15, -0.1) is 0 Å². The normalized spacial score (nSPS) is 23.0. The summed E-state index contributed by atoms with van der Waals surface area (Å²) in [5, 5.41) is 4.53. The van der Waals surface area contributed by atoms with Gasteiger partial charge in [-0.1, -0.05) is 0 Å². The third-order valence-corrected chi connectivity index (χ3v) is 6.14. The predicted molar refractivity (Wildman–Crippen MR) is 105 cm³/mol. The van der Waals surface area contributed by atoms with Crippen molar-refractivity contribution in [2.24, 2.45) is 0 Å². The van der Waals surface area contributed by atoms with E-state index in [0.717, 1.165) is 6.54 Å². The van der Waals surface area contributed by atoms with Crippen LogP contribution in [-0.4, -0.2) is 88.6 Å². The summed E-state index contributed by atoms with van der Waals surface area (Å²) in [6.07, 6.45) is 8.39. The number of carbonyl (C=O) groups is 1. The third kappa shape index (κ3) is 3.58. The minimum Gasteiger partial charge on any atom is -0.345 e. The number of hydrogen-bond donors (Lipinski definition) is 0. The molecule has 2 aliphatic rings. The van der Waals surface area contributed by atoms with Gasteiger partial charge in [0.2, 0.25) is 0 Å². The molecule has 4 rings (SSSR count). The summed E-state index contributed by atoms with van der Waals surface area (Å²) in [6, 6.07) is 2.78. The Morgan fingerprint density at radius 1 is 1.19 bits per heavy atom. The molecule has 0 saturated carbocycles. The lowest BCUT2D eigenvalue weighted by Crippen LogP contribution is -2.47. The van der Waals surface area contributed by atoms with Crippen molar-refractivity contribution < 1.29 is 4.79 Å². The molecule has 2 aromatic heterocycles.